The Hall–Kier alpha value is -2.41. The summed E-state index contributed by atoms with van der Waals surface area (Å²) in [5.41, 5.74) is 1.32. The lowest BCUT2D eigenvalue weighted by Gasteiger charge is -2.23. The van der Waals surface area contributed by atoms with E-state index in [2.05, 4.69) is 12.2 Å². The number of hydrogen-bond acceptors (Lipinski definition) is 3. The second kappa shape index (κ2) is 9.50. The number of amides is 1. The summed E-state index contributed by atoms with van der Waals surface area (Å²) in [6.07, 6.45) is 2.71. The standard InChI is InChI=1S/C20H25FN2O3S/c1-3-16(12-17-8-5-4-6-9-17)14-22-20(24)15-23(27(2,25)26)19-11-7-10-18(21)13-19/h4-11,13,16H,3,12,14-15H2,1-2H3,(H,22,24). The van der Waals surface area contributed by atoms with Crippen molar-refractivity contribution in [1.29, 1.82) is 0 Å². The summed E-state index contributed by atoms with van der Waals surface area (Å²) in [4.78, 5) is 12.3. The van der Waals surface area contributed by atoms with Gasteiger partial charge in [-0.15, -0.1) is 0 Å². The largest absolute Gasteiger partial charge is 0.354 e. The molecule has 1 atom stereocenters. The molecule has 0 saturated carbocycles. The summed E-state index contributed by atoms with van der Waals surface area (Å²) >= 11 is 0. The molecular weight excluding hydrogens is 367 g/mol. The van der Waals surface area contributed by atoms with Gasteiger partial charge in [-0.05, 0) is 36.1 Å². The molecule has 0 aliphatic heterocycles. The molecule has 1 N–H and O–H groups in total. The first-order valence-corrected chi connectivity index (χ1v) is 10.7. The van der Waals surface area contributed by atoms with Crippen LogP contribution >= 0.6 is 0 Å². The van der Waals surface area contributed by atoms with Gasteiger partial charge in [-0.25, -0.2) is 12.8 Å². The van der Waals surface area contributed by atoms with Crippen molar-refractivity contribution in [2.45, 2.75) is 19.8 Å². The third-order valence-electron chi connectivity index (χ3n) is 4.32. The van der Waals surface area contributed by atoms with E-state index in [1.54, 1.807) is 0 Å². The minimum absolute atomic E-state index is 0.129. The zero-order chi connectivity index (χ0) is 19.9. The highest BCUT2D eigenvalue weighted by molar-refractivity contribution is 7.92. The van der Waals surface area contributed by atoms with E-state index in [0.29, 0.717) is 6.54 Å². The summed E-state index contributed by atoms with van der Waals surface area (Å²) in [6.45, 7) is 2.12. The number of carbonyl (C=O) groups is 1. The SMILES string of the molecule is CCC(CNC(=O)CN(c1cccc(F)c1)S(C)(=O)=O)Cc1ccccc1. The van der Waals surface area contributed by atoms with Crippen LogP contribution in [0.3, 0.4) is 0 Å². The summed E-state index contributed by atoms with van der Waals surface area (Å²) in [6, 6.07) is 15.2. The van der Waals surface area contributed by atoms with Crippen LogP contribution in [0.4, 0.5) is 10.1 Å². The number of nitrogens with zero attached hydrogens (tertiary/aromatic N) is 1. The fourth-order valence-electron chi connectivity index (χ4n) is 2.78. The Morgan fingerprint density at radius 1 is 1.15 bits per heavy atom. The lowest BCUT2D eigenvalue weighted by Crippen LogP contribution is -2.42. The first-order valence-electron chi connectivity index (χ1n) is 8.83. The van der Waals surface area contributed by atoms with Crippen LogP contribution in [0.1, 0.15) is 18.9 Å². The van der Waals surface area contributed by atoms with Gasteiger partial charge in [0.25, 0.3) is 0 Å². The monoisotopic (exact) mass is 392 g/mol. The van der Waals surface area contributed by atoms with Crippen LogP contribution in [0.15, 0.2) is 54.6 Å². The fourth-order valence-corrected chi connectivity index (χ4v) is 3.63. The molecule has 0 spiro atoms. The van der Waals surface area contributed by atoms with Crippen LogP contribution in [-0.2, 0) is 21.2 Å². The van der Waals surface area contributed by atoms with Crippen LogP contribution in [-0.4, -0.2) is 33.7 Å². The normalized spacial score (nSPS) is 12.4. The number of halogens is 1. The van der Waals surface area contributed by atoms with Crippen molar-refractivity contribution in [3.05, 3.63) is 66.0 Å². The molecule has 1 amide bonds. The molecule has 0 radical (unpaired) electrons. The highest BCUT2D eigenvalue weighted by atomic mass is 32.2. The Bertz CT molecular complexity index is 857. The molecule has 146 valence electrons. The molecular formula is C20H25FN2O3S. The first kappa shape index (κ1) is 20.9. The Morgan fingerprint density at radius 3 is 2.44 bits per heavy atom. The maximum Gasteiger partial charge on any atom is 0.240 e. The molecule has 5 nitrogen and oxygen atoms in total. The van der Waals surface area contributed by atoms with E-state index in [0.717, 1.165) is 29.5 Å². The molecule has 27 heavy (non-hydrogen) atoms. The summed E-state index contributed by atoms with van der Waals surface area (Å²) in [7, 11) is -3.72. The van der Waals surface area contributed by atoms with Crippen molar-refractivity contribution in [3.8, 4) is 0 Å². The number of sulfonamides is 1. The molecule has 0 bridgehead atoms. The van der Waals surface area contributed by atoms with Gasteiger partial charge in [0.15, 0.2) is 0 Å². The molecule has 0 aromatic heterocycles. The average molecular weight is 392 g/mol. The zero-order valence-electron chi connectivity index (χ0n) is 15.6. The molecule has 0 saturated heterocycles. The quantitative estimate of drug-likeness (QED) is 0.713. The molecule has 1 unspecified atom stereocenters. The van der Waals surface area contributed by atoms with Crippen molar-refractivity contribution in [3.63, 3.8) is 0 Å². The predicted octanol–water partition coefficient (Wildman–Crippen LogP) is 2.98. The van der Waals surface area contributed by atoms with Crippen LogP contribution in [0, 0.1) is 11.7 Å². The smallest absolute Gasteiger partial charge is 0.240 e. The first-order chi connectivity index (χ1) is 12.8. The van der Waals surface area contributed by atoms with Gasteiger partial charge in [-0.2, -0.15) is 0 Å². The van der Waals surface area contributed by atoms with Gasteiger partial charge >= 0.3 is 0 Å². The zero-order valence-corrected chi connectivity index (χ0v) is 16.4. The van der Waals surface area contributed by atoms with Gasteiger partial charge in [-0.3, -0.25) is 9.10 Å². The maximum absolute atomic E-state index is 13.4. The van der Waals surface area contributed by atoms with E-state index < -0.39 is 21.7 Å². The van der Waals surface area contributed by atoms with E-state index in [4.69, 9.17) is 0 Å². The lowest BCUT2D eigenvalue weighted by atomic mass is 9.97. The number of carbonyl (C=O) groups excluding carboxylic acids is 1. The van der Waals surface area contributed by atoms with E-state index in [1.807, 2.05) is 30.3 Å². The molecule has 0 fully saturated rings. The van der Waals surface area contributed by atoms with E-state index in [-0.39, 0.29) is 18.2 Å². The Morgan fingerprint density at radius 2 is 1.85 bits per heavy atom. The van der Waals surface area contributed by atoms with Crippen molar-refractivity contribution < 1.29 is 17.6 Å². The summed E-state index contributed by atoms with van der Waals surface area (Å²) < 4.78 is 38.4. The maximum atomic E-state index is 13.4. The van der Waals surface area contributed by atoms with Crippen LogP contribution in [0.5, 0.6) is 0 Å². The fraction of sp³-hybridized carbons (Fsp3) is 0.350. The third kappa shape index (κ3) is 6.67. The Balaban J connectivity index is 1.99. The Kier molecular flexibility index (Phi) is 7.36. The topological polar surface area (TPSA) is 66.5 Å². The second-order valence-electron chi connectivity index (χ2n) is 6.52. The van der Waals surface area contributed by atoms with E-state index in [9.17, 15) is 17.6 Å². The van der Waals surface area contributed by atoms with Crippen LogP contribution < -0.4 is 9.62 Å². The van der Waals surface area contributed by atoms with Crippen LogP contribution in [0.2, 0.25) is 0 Å². The molecule has 2 aromatic rings. The van der Waals surface area contributed by atoms with Crippen molar-refractivity contribution in [2.24, 2.45) is 5.92 Å². The molecule has 2 rings (SSSR count). The van der Waals surface area contributed by atoms with Gasteiger partial charge < -0.3 is 5.32 Å². The highest BCUT2D eigenvalue weighted by Crippen LogP contribution is 2.18. The second-order valence-corrected chi connectivity index (χ2v) is 8.42. The van der Waals surface area contributed by atoms with Crippen molar-refractivity contribution in [1.82, 2.24) is 5.32 Å². The minimum atomic E-state index is -3.72. The number of benzene rings is 2. The molecule has 7 heteroatoms. The highest BCUT2D eigenvalue weighted by Gasteiger charge is 2.21. The average Bonchev–Trinajstić information content (AvgIpc) is 2.63. The summed E-state index contributed by atoms with van der Waals surface area (Å²) in [5, 5.41) is 2.80. The van der Waals surface area contributed by atoms with E-state index >= 15 is 0 Å². The molecule has 0 heterocycles. The van der Waals surface area contributed by atoms with Gasteiger partial charge in [0.2, 0.25) is 15.9 Å². The molecule has 0 aliphatic carbocycles. The minimum Gasteiger partial charge on any atom is -0.354 e. The Labute approximate surface area is 160 Å². The van der Waals surface area contributed by atoms with Crippen molar-refractivity contribution in [2.75, 3.05) is 23.7 Å². The number of nitrogens with one attached hydrogen (secondary N) is 1. The van der Waals surface area contributed by atoms with Gasteiger partial charge in [0.1, 0.15) is 12.4 Å². The van der Waals surface area contributed by atoms with Gasteiger partial charge in [-0.1, -0.05) is 49.7 Å². The predicted molar refractivity (Wildman–Crippen MR) is 106 cm³/mol. The third-order valence-corrected chi connectivity index (χ3v) is 5.46. The molecule has 0 aliphatic rings. The number of rotatable bonds is 9. The van der Waals surface area contributed by atoms with Gasteiger partial charge in [0.05, 0.1) is 11.9 Å². The van der Waals surface area contributed by atoms with Crippen molar-refractivity contribution >= 4 is 21.6 Å². The summed E-state index contributed by atoms with van der Waals surface area (Å²) in [5.74, 6) is -0.733. The van der Waals surface area contributed by atoms with E-state index in [1.165, 1.54) is 23.8 Å². The van der Waals surface area contributed by atoms with Gasteiger partial charge in [0, 0.05) is 6.54 Å². The molecule has 2 aromatic carbocycles. The number of hydrogen-bond donors (Lipinski definition) is 1. The number of anilines is 1. The van der Waals surface area contributed by atoms with Crippen LogP contribution in [0.25, 0.3) is 0 Å². The lowest BCUT2D eigenvalue weighted by molar-refractivity contribution is -0.119.